The Balaban J connectivity index is 1.36. The number of nitrogens with one attached hydrogen (secondary N) is 1. The summed E-state index contributed by atoms with van der Waals surface area (Å²) in [7, 11) is 0. The Morgan fingerprint density at radius 2 is 1.97 bits per heavy atom. The number of pyridine rings is 1. The second-order valence-electron chi connectivity index (χ2n) is 7.54. The van der Waals surface area contributed by atoms with Gasteiger partial charge in [0.15, 0.2) is 5.69 Å². The normalized spacial score (nSPS) is 14.6. The highest BCUT2D eigenvalue weighted by molar-refractivity contribution is 6.30. The van der Waals surface area contributed by atoms with E-state index in [1.54, 1.807) is 16.8 Å². The third-order valence-electron chi connectivity index (χ3n) is 5.57. The third-order valence-corrected chi connectivity index (χ3v) is 5.80. The number of likely N-dealkylation sites (N-methyl/N-ethyl adjacent to an activating group) is 1. The quantitative estimate of drug-likeness (QED) is 0.636. The maximum atomic E-state index is 12.6. The van der Waals surface area contributed by atoms with E-state index in [4.69, 9.17) is 11.6 Å². The number of amides is 1. The van der Waals surface area contributed by atoms with Crippen molar-refractivity contribution in [1.29, 1.82) is 0 Å². The number of rotatable bonds is 6. The number of anilines is 1. The van der Waals surface area contributed by atoms with Crippen molar-refractivity contribution >= 4 is 23.3 Å². The van der Waals surface area contributed by atoms with Crippen LogP contribution in [0.1, 0.15) is 28.7 Å². The maximum Gasteiger partial charge on any atom is 0.274 e. The highest BCUT2D eigenvalue weighted by atomic mass is 35.5. The molecule has 1 amide bonds. The Labute approximate surface area is 186 Å². The fourth-order valence-electron chi connectivity index (χ4n) is 3.66. The number of carbonyl (C=O) groups excluding carboxylic acids is 1. The van der Waals surface area contributed by atoms with Crippen molar-refractivity contribution in [2.45, 2.75) is 20.4 Å². The molecule has 0 aliphatic carbocycles. The van der Waals surface area contributed by atoms with Crippen LogP contribution in [0.5, 0.6) is 0 Å². The zero-order valence-electron chi connectivity index (χ0n) is 17.8. The Morgan fingerprint density at radius 3 is 2.65 bits per heavy atom. The van der Waals surface area contributed by atoms with Gasteiger partial charge in [-0.3, -0.25) is 4.79 Å². The molecule has 1 aliphatic rings. The highest BCUT2D eigenvalue weighted by Gasteiger charge is 2.18. The van der Waals surface area contributed by atoms with E-state index in [2.05, 4.69) is 37.3 Å². The second-order valence-corrected chi connectivity index (χ2v) is 7.98. The van der Waals surface area contributed by atoms with Crippen molar-refractivity contribution in [2.75, 3.05) is 37.6 Å². The first-order chi connectivity index (χ1) is 15.0. The number of benzene rings is 1. The lowest BCUT2D eigenvalue weighted by atomic mass is 10.2. The van der Waals surface area contributed by atoms with Crippen molar-refractivity contribution < 1.29 is 4.79 Å². The molecule has 1 aliphatic heterocycles. The molecule has 4 rings (SSSR count). The van der Waals surface area contributed by atoms with Gasteiger partial charge in [0.1, 0.15) is 5.82 Å². The SMILES string of the molecule is CCN1CCN(c2ccc(CNC(=O)c3nnn(-c4cccc(Cl)c4)c3C)cn2)CC1. The lowest BCUT2D eigenvalue weighted by molar-refractivity contribution is 0.0945. The Bertz CT molecular complexity index is 1040. The smallest absolute Gasteiger partial charge is 0.274 e. The monoisotopic (exact) mass is 439 g/mol. The number of nitrogens with zero attached hydrogens (tertiary/aromatic N) is 6. The summed E-state index contributed by atoms with van der Waals surface area (Å²) >= 11 is 6.06. The van der Waals surface area contributed by atoms with Crippen molar-refractivity contribution in [1.82, 2.24) is 30.2 Å². The molecule has 3 aromatic rings. The summed E-state index contributed by atoms with van der Waals surface area (Å²) in [6.07, 6.45) is 1.82. The second kappa shape index (κ2) is 9.45. The maximum absolute atomic E-state index is 12.6. The van der Waals surface area contributed by atoms with Crippen LogP contribution in [-0.2, 0) is 6.54 Å². The van der Waals surface area contributed by atoms with E-state index in [-0.39, 0.29) is 5.91 Å². The van der Waals surface area contributed by atoms with Gasteiger partial charge in [-0.1, -0.05) is 35.9 Å². The molecule has 1 fully saturated rings. The molecule has 31 heavy (non-hydrogen) atoms. The average Bonchev–Trinajstić information content (AvgIpc) is 3.19. The lowest BCUT2D eigenvalue weighted by Crippen LogP contribution is -2.46. The van der Waals surface area contributed by atoms with Crippen LogP contribution in [0.15, 0.2) is 42.6 Å². The molecule has 0 saturated carbocycles. The zero-order chi connectivity index (χ0) is 21.8. The summed E-state index contributed by atoms with van der Waals surface area (Å²) in [4.78, 5) is 22.0. The van der Waals surface area contributed by atoms with Crippen molar-refractivity contribution in [3.05, 3.63) is 64.6 Å². The van der Waals surface area contributed by atoms with Gasteiger partial charge >= 0.3 is 0 Å². The molecule has 0 atom stereocenters. The molecule has 1 aromatic carbocycles. The molecule has 2 aromatic heterocycles. The van der Waals surface area contributed by atoms with Gasteiger partial charge in [0.05, 0.1) is 11.4 Å². The van der Waals surface area contributed by atoms with Gasteiger partial charge in [0, 0.05) is 43.9 Å². The van der Waals surface area contributed by atoms with Gasteiger partial charge in [-0.05, 0) is 43.3 Å². The molecule has 0 unspecified atom stereocenters. The van der Waals surface area contributed by atoms with Gasteiger partial charge < -0.3 is 15.1 Å². The van der Waals surface area contributed by atoms with Gasteiger partial charge in [-0.2, -0.15) is 0 Å². The lowest BCUT2D eigenvalue weighted by Gasteiger charge is -2.34. The molecule has 3 heterocycles. The standard InChI is InChI=1S/C22H26ClN7O/c1-3-28-9-11-29(12-10-28)20-8-7-17(14-24-20)15-25-22(31)21-16(2)30(27-26-21)19-6-4-5-18(23)13-19/h4-8,13-14H,3,9-12,15H2,1-2H3,(H,25,31). The third kappa shape index (κ3) is 4.86. The molecule has 1 N–H and O–H groups in total. The van der Waals surface area contributed by atoms with Gasteiger partial charge in [0.25, 0.3) is 5.91 Å². The van der Waals surface area contributed by atoms with Crippen LogP contribution in [0.4, 0.5) is 5.82 Å². The van der Waals surface area contributed by atoms with Crippen molar-refractivity contribution in [3.8, 4) is 5.69 Å². The average molecular weight is 440 g/mol. The summed E-state index contributed by atoms with van der Waals surface area (Å²) in [5.74, 6) is 0.705. The van der Waals surface area contributed by atoms with Crippen LogP contribution in [0.2, 0.25) is 5.02 Å². The molecule has 1 saturated heterocycles. The van der Waals surface area contributed by atoms with Crippen molar-refractivity contribution in [2.24, 2.45) is 0 Å². The van der Waals surface area contributed by atoms with Crippen LogP contribution < -0.4 is 10.2 Å². The van der Waals surface area contributed by atoms with E-state index in [9.17, 15) is 4.79 Å². The fraction of sp³-hybridized carbons (Fsp3) is 0.364. The summed E-state index contributed by atoms with van der Waals surface area (Å²) in [6, 6.07) is 11.3. The van der Waals surface area contributed by atoms with Gasteiger partial charge in [-0.15, -0.1) is 5.10 Å². The minimum Gasteiger partial charge on any atom is -0.354 e. The van der Waals surface area contributed by atoms with Gasteiger partial charge in [-0.25, -0.2) is 9.67 Å². The predicted molar refractivity (Wildman–Crippen MR) is 121 cm³/mol. The number of carbonyl (C=O) groups is 1. The van der Waals surface area contributed by atoms with Gasteiger partial charge in [0.2, 0.25) is 0 Å². The molecule has 0 spiro atoms. The minimum absolute atomic E-state index is 0.273. The van der Waals surface area contributed by atoms with Crippen LogP contribution in [0.25, 0.3) is 5.69 Å². The number of hydrogen-bond acceptors (Lipinski definition) is 6. The highest BCUT2D eigenvalue weighted by Crippen LogP contribution is 2.17. The largest absolute Gasteiger partial charge is 0.354 e. The zero-order valence-corrected chi connectivity index (χ0v) is 18.5. The molecular weight excluding hydrogens is 414 g/mol. The Hall–Kier alpha value is -2.97. The van der Waals surface area contributed by atoms with Crippen LogP contribution in [0.3, 0.4) is 0 Å². The predicted octanol–water partition coefficient (Wildman–Crippen LogP) is 2.70. The first kappa shape index (κ1) is 21.3. The summed E-state index contributed by atoms with van der Waals surface area (Å²) in [6.45, 7) is 9.56. The topological polar surface area (TPSA) is 79.2 Å². The number of aromatic nitrogens is 4. The van der Waals surface area contributed by atoms with E-state index in [1.165, 1.54) is 0 Å². The number of hydrogen-bond donors (Lipinski definition) is 1. The van der Waals surface area contributed by atoms with E-state index in [0.717, 1.165) is 49.8 Å². The van der Waals surface area contributed by atoms with Crippen LogP contribution >= 0.6 is 11.6 Å². The number of piperazine rings is 1. The Morgan fingerprint density at radius 1 is 1.16 bits per heavy atom. The molecule has 0 bridgehead atoms. The molecule has 0 radical (unpaired) electrons. The molecule has 8 nitrogen and oxygen atoms in total. The number of halogens is 1. The molecular formula is C22H26ClN7O. The van der Waals surface area contributed by atoms with Crippen LogP contribution in [0, 0.1) is 6.92 Å². The first-order valence-electron chi connectivity index (χ1n) is 10.4. The van der Waals surface area contributed by atoms with Crippen LogP contribution in [-0.4, -0.2) is 63.5 Å². The summed E-state index contributed by atoms with van der Waals surface area (Å²) in [5.41, 5.74) is 2.64. The van der Waals surface area contributed by atoms with E-state index < -0.39 is 0 Å². The van der Waals surface area contributed by atoms with E-state index in [1.807, 2.05) is 37.4 Å². The summed E-state index contributed by atoms with van der Waals surface area (Å²) in [5, 5.41) is 11.7. The minimum atomic E-state index is -0.273. The first-order valence-corrected chi connectivity index (χ1v) is 10.8. The fourth-order valence-corrected chi connectivity index (χ4v) is 3.84. The van der Waals surface area contributed by atoms with Crippen molar-refractivity contribution in [3.63, 3.8) is 0 Å². The van der Waals surface area contributed by atoms with E-state index in [0.29, 0.717) is 23.0 Å². The molecule has 162 valence electrons. The summed E-state index contributed by atoms with van der Waals surface area (Å²) < 4.78 is 1.61. The van der Waals surface area contributed by atoms with E-state index >= 15 is 0 Å². The molecule has 9 heteroatoms. The Kier molecular flexibility index (Phi) is 6.48.